The summed E-state index contributed by atoms with van der Waals surface area (Å²) in [6, 6.07) is 13.2. The highest BCUT2D eigenvalue weighted by molar-refractivity contribution is 7.92. The molecule has 0 saturated heterocycles. The van der Waals surface area contributed by atoms with Crippen LogP contribution in [0.25, 0.3) is 10.9 Å². The van der Waals surface area contributed by atoms with Crippen molar-refractivity contribution in [2.45, 2.75) is 13.0 Å². The molecule has 8 heteroatoms. The van der Waals surface area contributed by atoms with Gasteiger partial charge < -0.3 is 9.72 Å². The van der Waals surface area contributed by atoms with Crippen LogP contribution in [0, 0.1) is 0 Å². The van der Waals surface area contributed by atoms with Gasteiger partial charge in [0, 0.05) is 28.4 Å². The fourth-order valence-electron chi connectivity index (χ4n) is 2.70. The Hall–Kier alpha value is -3.13. The number of ketones is 1. The number of benzene rings is 2. The smallest absolute Gasteiger partial charge is 0.338 e. The van der Waals surface area contributed by atoms with Crippen LogP contribution in [0.1, 0.15) is 27.6 Å². The minimum atomic E-state index is -3.47. The number of esters is 1. The maximum atomic E-state index is 12.7. The van der Waals surface area contributed by atoms with E-state index in [0.717, 1.165) is 17.2 Å². The fourth-order valence-corrected chi connectivity index (χ4v) is 3.26. The molecule has 0 amide bonds. The lowest BCUT2D eigenvalue weighted by atomic mass is 10.1. The Morgan fingerprint density at radius 3 is 2.59 bits per heavy atom. The van der Waals surface area contributed by atoms with E-state index in [0.29, 0.717) is 5.56 Å². The lowest BCUT2D eigenvalue weighted by Gasteiger charge is -2.12. The van der Waals surface area contributed by atoms with Gasteiger partial charge in [-0.2, -0.15) is 0 Å². The molecule has 0 aliphatic carbocycles. The molecule has 140 valence electrons. The number of H-pyrrole nitrogens is 1. The largest absolute Gasteiger partial charge is 0.451 e. The summed E-state index contributed by atoms with van der Waals surface area (Å²) in [7, 11) is -3.47. The van der Waals surface area contributed by atoms with E-state index in [1.807, 2.05) is 24.3 Å². The molecule has 0 spiro atoms. The first-order valence-electron chi connectivity index (χ1n) is 8.14. The van der Waals surface area contributed by atoms with Gasteiger partial charge in [-0.25, -0.2) is 13.2 Å². The summed E-state index contributed by atoms with van der Waals surface area (Å²) >= 11 is 0. The first-order chi connectivity index (χ1) is 12.7. The molecule has 3 aromatic rings. The molecule has 1 unspecified atom stereocenters. The van der Waals surface area contributed by atoms with Crippen LogP contribution in [0.2, 0.25) is 0 Å². The molecule has 1 atom stereocenters. The van der Waals surface area contributed by atoms with E-state index in [4.69, 9.17) is 4.74 Å². The third-order valence-electron chi connectivity index (χ3n) is 3.91. The van der Waals surface area contributed by atoms with Crippen LogP contribution in [-0.2, 0) is 14.8 Å². The van der Waals surface area contributed by atoms with Gasteiger partial charge in [0.15, 0.2) is 6.10 Å². The minimum Gasteiger partial charge on any atom is -0.451 e. The van der Waals surface area contributed by atoms with Crippen molar-refractivity contribution in [3.8, 4) is 0 Å². The van der Waals surface area contributed by atoms with Gasteiger partial charge in [0.05, 0.1) is 11.8 Å². The maximum Gasteiger partial charge on any atom is 0.338 e. The van der Waals surface area contributed by atoms with E-state index in [2.05, 4.69) is 9.71 Å². The third-order valence-corrected chi connectivity index (χ3v) is 4.52. The predicted octanol–water partition coefficient (Wildman–Crippen LogP) is 2.97. The highest BCUT2D eigenvalue weighted by Crippen LogP contribution is 2.21. The van der Waals surface area contributed by atoms with Crippen molar-refractivity contribution >= 4 is 38.4 Å². The molecule has 7 nitrogen and oxygen atoms in total. The van der Waals surface area contributed by atoms with Crippen LogP contribution in [-0.4, -0.2) is 37.5 Å². The number of aromatic nitrogens is 1. The molecule has 2 N–H and O–H groups in total. The van der Waals surface area contributed by atoms with Crippen LogP contribution >= 0.6 is 0 Å². The van der Waals surface area contributed by atoms with Gasteiger partial charge >= 0.3 is 5.97 Å². The Morgan fingerprint density at radius 2 is 1.85 bits per heavy atom. The lowest BCUT2D eigenvalue weighted by molar-refractivity contribution is 0.0319. The molecule has 2 aromatic carbocycles. The normalized spacial score (nSPS) is 12.5. The highest BCUT2D eigenvalue weighted by Gasteiger charge is 2.23. The zero-order valence-electron chi connectivity index (χ0n) is 14.7. The molecule has 0 fully saturated rings. The SMILES string of the molecule is CC(OC(=O)c1cccc(NS(C)(=O)=O)c1)C(=O)c1c[nH]c2ccccc12. The van der Waals surface area contributed by atoms with Crippen molar-refractivity contribution in [3.63, 3.8) is 0 Å². The molecule has 0 aliphatic heterocycles. The summed E-state index contributed by atoms with van der Waals surface area (Å²) in [5, 5.41) is 0.754. The monoisotopic (exact) mass is 386 g/mol. The van der Waals surface area contributed by atoms with Gasteiger partial charge in [-0.15, -0.1) is 0 Å². The van der Waals surface area contributed by atoms with Gasteiger partial charge in [-0.05, 0) is 31.2 Å². The number of hydrogen-bond acceptors (Lipinski definition) is 5. The number of aromatic amines is 1. The average molecular weight is 386 g/mol. The van der Waals surface area contributed by atoms with Crippen molar-refractivity contribution in [2.24, 2.45) is 0 Å². The number of hydrogen-bond donors (Lipinski definition) is 2. The number of anilines is 1. The molecule has 27 heavy (non-hydrogen) atoms. The van der Waals surface area contributed by atoms with Crippen LogP contribution in [0.3, 0.4) is 0 Å². The Labute approximate surface area is 156 Å². The van der Waals surface area contributed by atoms with E-state index in [1.54, 1.807) is 6.20 Å². The number of Topliss-reactive ketones (excluding diaryl/α,β-unsaturated/α-hetero) is 1. The number of nitrogens with one attached hydrogen (secondary N) is 2. The van der Waals surface area contributed by atoms with Crippen LogP contribution < -0.4 is 4.72 Å². The third kappa shape index (κ3) is 4.35. The Balaban J connectivity index is 1.76. The zero-order chi connectivity index (χ0) is 19.6. The minimum absolute atomic E-state index is 0.141. The van der Waals surface area contributed by atoms with Gasteiger partial charge in [-0.1, -0.05) is 24.3 Å². The number of sulfonamides is 1. The summed E-state index contributed by atoms with van der Waals surface area (Å²) in [5.41, 5.74) is 1.64. The van der Waals surface area contributed by atoms with Crippen molar-refractivity contribution in [1.82, 2.24) is 4.98 Å². The lowest BCUT2D eigenvalue weighted by Crippen LogP contribution is -2.24. The number of fused-ring (bicyclic) bond motifs is 1. The van der Waals surface area contributed by atoms with Gasteiger partial charge in [0.2, 0.25) is 15.8 Å². The summed E-state index contributed by atoms with van der Waals surface area (Å²) in [5.74, 6) is -1.04. The Morgan fingerprint density at radius 1 is 1.11 bits per heavy atom. The molecule has 0 radical (unpaired) electrons. The second-order valence-electron chi connectivity index (χ2n) is 6.11. The van der Waals surface area contributed by atoms with E-state index in [9.17, 15) is 18.0 Å². The van der Waals surface area contributed by atoms with E-state index < -0.39 is 22.1 Å². The molecule has 1 heterocycles. The first kappa shape index (κ1) is 18.7. The van der Waals surface area contributed by atoms with Crippen LogP contribution in [0.15, 0.2) is 54.7 Å². The Bertz CT molecular complexity index is 1120. The number of carbonyl (C=O) groups is 2. The number of rotatable bonds is 6. The second kappa shape index (κ2) is 7.24. The standard InChI is InChI=1S/C19H18N2O5S/c1-12(18(22)16-11-20-17-9-4-3-8-15(16)17)26-19(23)13-6-5-7-14(10-13)21-27(2,24)25/h3-12,20-21H,1-2H3. The number of para-hydroxylation sites is 1. The average Bonchev–Trinajstić information content (AvgIpc) is 3.03. The van der Waals surface area contributed by atoms with E-state index in [-0.39, 0.29) is 17.0 Å². The van der Waals surface area contributed by atoms with E-state index in [1.165, 1.54) is 31.2 Å². The topological polar surface area (TPSA) is 105 Å². The van der Waals surface area contributed by atoms with Gasteiger partial charge in [0.25, 0.3) is 0 Å². The first-order valence-corrected chi connectivity index (χ1v) is 10.0. The zero-order valence-corrected chi connectivity index (χ0v) is 15.5. The molecular weight excluding hydrogens is 368 g/mol. The van der Waals surface area contributed by atoms with Crippen molar-refractivity contribution < 1.29 is 22.7 Å². The quantitative estimate of drug-likeness (QED) is 0.500. The molecule has 0 aliphatic rings. The molecular formula is C19H18N2O5S. The molecule has 1 aromatic heterocycles. The second-order valence-corrected chi connectivity index (χ2v) is 7.86. The highest BCUT2D eigenvalue weighted by atomic mass is 32.2. The summed E-state index contributed by atoms with van der Waals surface area (Å²) in [6.45, 7) is 1.50. The van der Waals surface area contributed by atoms with Crippen molar-refractivity contribution in [1.29, 1.82) is 0 Å². The summed E-state index contributed by atoms with van der Waals surface area (Å²) in [4.78, 5) is 28.0. The summed E-state index contributed by atoms with van der Waals surface area (Å²) in [6.07, 6.45) is 1.61. The maximum absolute atomic E-state index is 12.7. The fraction of sp³-hybridized carbons (Fsp3) is 0.158. The molecule has 0 bridgehead atoms. The molecule has 0 saturated carbocycles. The van der Waals surface area contributed by atoms with E-state index >= 15 is 0 Å². The predicted molar refractivity (Wildman–Crippen MR) is 102 cm³/mol. The van der Waals surface area contributed by atoms with Crippen LogP contribution in [0.4, 0.5) is 5.69 Å². The molecule has 3 rings (SSSR count). The van der Waals surface area contributed by atoms with Crippen molar-refractivity contribution in [3.05, 3.63) is 65.9 Å². The van der Waals surface area contributed by atoms with Crippen molar-refractivity contribution in [2.75, 3.05) is 11.0 Å². The number of ether oxygens (including phenoxy) is 1. The van der Waals surface area contributed by atoms with Gasteiger partial charge in [0.1, 0.15) is 0 Å². The van der Waals surface area contributed by atoms with Gasteiger partial charge in [-0.3, -0.25) is 9.52 Å². The number of carbonyl (C=O) groups excluding carboxylic acids is 2. The van der Waals surface area contributed by atoms with Crippen LogP contribution in [0.5, 0.6) is 0 Å². The Kier molecular flexibility index (Phi) is 5.00. The summed E-state index contributed by atoms with van der Waals surface area (Å²) < 4.78 is 30.2.